The maximum absolute atomic E-state index is 12.5. The third kappa shape index (κ3) is 3.86. The van der Waals surface area contributed by atoms with Gasteiger partial charge in [-0.25, -0.2) is 0 Å². The third-order valence-electron chi connectivity index (χ3n) is 5.40. The first-order valence-electron chi connectivity index (χ1n) is 8.79. The predicted molar refractivity (Wildman–Crippen MR) is 91.4 cm³/mol. The molecule has 1 saturated heterocycles. The number of piperidine rings is 1. The summed E-state index contributed by atoms with van der Waals surface area (Å²) in [5.41, 5.74) is 1.31. The largest absolute Gasteiger partial charge is 0.497 e. The first-order valence-corrected chi connectivity index (χ1v) is 8.79. The van der Waals surface area contributed by atoms with Gasteiger partial charge in [0, 0.05) is 32.1 Å². The molecule has 1 atom stereocenters. The lowest BCUT2D eigenvalue weighted by Crippen LogP contribution is -2.50. The molecule has 2 fully saturated rings. The lowest BCUT2D eigenvalue weighted by molar-refractivity contribution is -0.140. The van der Waals surface area contributed by atoms with Crippen LogP contribution in [0.2, 0.25) is 0 Å². The van der Waals surface area contributed by atoms with Gasteiger partial charge in [0.15, 0.2) is 0 Å². The molecule has 4 nitrogen and oxygen atoms in total. The predicted octanol–water partition coefficient (Wildman–Crippen LogP) is 2.92. The lowest BCUT2D eigenvalue weighted by Gasteiger charge is -2.40. The molecule has 1 heterocycles. The van der Waals surface area contributed by atoms with E-state index in [-0.39, 0.29) is 0 Å². The van der Waals surface area contributed by atoms with Crippen molar-refractivity contribution in [2.75, 3.05) is 27.2 Å². The number of nitrogens with zero attached hydrogens (tertiary/aromatic N) is 2. The number of likely N-dealkylation sites (tertiary alicyclic amines) is 1. The highest BCUT2D eigenvalue weighted by molar-refractivity contribution is 5.79. The van der Waals surface area contributed by atoms with Crippen LogP contribution in [-0.4, -0.2) is 49.0 Å². The fourth-order valence-electron chi connectivity index (χ4n) is 3.60. The summed E-state index contributed by atoms with van der Waals surface area (Å²) < 4.78 is 5.21. The fourth-order valence-corrected chi connectivity index (χ4v) is 3.60. The number of methoxy groups -OCH3 is 1. The highest BCUT2D eigenvalue weighted by Gasteiger charge is 2.32. The minimum Gasteiger partial charge on any atom is -0.497 e. The summed E-state index contributed by atoms with van der Waals surface area (Å²) in [5.74, 6) is 1.57. The summed E-state index contributed by atoms with van der Waals surface area (Å²) in [6.07, 6.45) is 5.70. The molecule has 0 bridgehead atoms. The van der Waals surface area contributed by atoms with Crippen LogP contribution in [0.5, 0.6) is 5.75 Å². The van der Waals surface area contributed by atoms with Crippen molar-refractivity contribution in [2.45, 2.75) is 44.7 Å². The number of rotatable bonds is 5. The molecule has 2 aliphatic rings. The van der Waals surface area contributed by atoms with Crippen molar-refractivity contribution in [3.05, 3.63) is 29.8 Å². The van der Waals surface area contributed by atoms with Crippen LogP contribution >= 0.6 is 0 Å². The molecule has 3 rings (SSSR count). The average molecular weight is 316 g/mol. The molecular weight excluding hydrogens is 288 g/mol. The first kappa shape index (κ1) is 16.3. The Morgan fingerprint density at radius 1 is 1.22 bits per heavy atom. The van der Waals surface area contributed by atoms with Crippen molar-refractivity contribution in [1.29, 1.82) is 0 Å². The van der Waals surface area contributed by atoms with Crippen molar-refractivity contribution in [1.82, 2.24) is 9.80 Å². The van der Waals surface area contributed by atoms with Gasteiger partial charge in [-0.2, -0.15) is 0 Å². The monoisotopic (exact) mass is 316 g/mol. The van der Waals surface area contributed by atoms with E-state index in [1.165, 1.54) is 18.4 Å². The van der Waals surface area contributed by atoms with E-state index < -0.39 is 0 Å². The standard InChI is InChI=1S/C19H28N2O2/c1-20(19(22)16-5-3-6-16)17-7-4-12-21(14-17)13-15-8-10-18(23-2)11-9-15/h8-11,16-17H,3-7,12-14H2,1-2H3. The van der Waals surface area contributed by atoms with Gasteiger partial charge in [-0.05, 0) is 49.9 Å². The Bertz CT molecular complexity index is 525. The number of hydrogen-bond donors (Lipinski definition) is 0. The summed E-state index contributed by atoms with van der Waals surface area (Å²) in [7, 11) is 3.70. The minimum atomic E-state index is 0.303. The Morgan fingerprint density at radius 2 is 1.96 bits per heavy atom. The molecule has 1 aliphatic heterocycles. The van der Waals surface area contributed by atoms with Crippen LogP contribution in [0.4, 0.5) is 0 Å². The molecule has 1 aliphatic carbocycles. The van der Waals surface area contributed by atoms with Crippen LogP contribution < -0.4 is 4.74 Å². The Labute approximate surface area is 139 Å². The van der Waals surface area contributed by atoms with Gasteiger partial charge >= 0.3 is 0 Å². The zero-order chi connectivity index (χ0) is 16.2. The maximum atomic E-state index is 12.5. The van der Waals surface area contributed by atoms with Crippen LogP contribution in [0.15, 0.2) is 24.3 Å². The van der Waals surface area contributed by atoms with E-state index in [1.54, 1.807) is 7.11 Å². The van der Waals surface area contributed by atoms with E-state index in [1.807, 2.05) is 24.1 Å². The van der Waals surface area contributed by atoms with Crippen molar-refractivity contribution < 1.29 is 9.53 Å². The second kappa shape index (κ2) is 7.35. The number of likely N-dealkylation sites (N-methyl/N-ethyl adjacent to an activating group) is 1. The van der Waals surface area contributed by atoms with Crippen molar-refractivity contribution in [3.8, 4) is 5.75 Å². The summed E-state index contributed by atoms with van der Waals surface area (Å²) in [5, 5.41) is 0. The molecule has 0 spiro atoms. The molecule has 23 heavy (non-hydrogen) atoms. The highest BCUT2D eigenvalue weighted by Crippen LogP contribution is 2.29. The summed E-state index contributed by atoms with van der Waals surface area (Å²) in [6.45, 7) is 3.06. The summed E-state index contributed by atoms with van der Waals surface area (Å²) in [4.78, 5) is 17.0. The average Bonchev–Trinajstić information content (AvgIpc) is 2.53. The van der Waals surface area contributed by atoms with Gasteiger partial charge in [0.2, 0.25) is 5.91 Å². The number of carbonyl (C=O) groups excluding carboxylic acids is 1. The number of amides is 1. The molecule has 0 radical (unpaired) electrons. The van der Waals surface area contributed by atoms with E-state index in [9.17, 15) is 4.79 Å². The molecule has 1 amide bonds. The van der Waals surface area contributed by atoms with Crippen LogP contribution in [0.1, 0.15) is 37.7 Å². The van der Waals surface area contributed by atoms with Crippen LogP contribution in [0.3, 0.4) is 0 Å². The van der Waals surface area contributed by atoms with Crippen molar-refractivity contribution in [3.63, 3.8) is 0 Å². The molecule has 0 aromatic heterocycles. The molecule has 1 unspecified atom stereocenters. The molecular formula is C19H28N2O2. The third-order valence-corrected chi connectivity index (χ3v) is 5.40. The Balaban J connectivity index is 1.55. The summed E-state index contributed by atoms with van der Waals surface area (Å²) >= 11 is 0. The van der Waals surface area contributed by atoms with Crippen LogP contribution in [0.25, 0.3) is 0 Å². The number of hydrogen-bond acceptors (Lipinski definition) is 3. The molecule has 0 N–H and O–H groups in total. The van der Waals surface area contributed by atoms with Gasteiger partial charge in [-0.3, -0.25) is 9.69 Å². The Kier molecular flexibility index (Phi) is 5.21. The molecule has 1 aromatic carbocycles. The molecule has 4 heteroatoms. The highest BCUT2D eigenvalue weighted by atomic mass is 16.5. The Morgan fingerprint density at radius 3 is 2.57 bits per heavy atom. The van der Waals surface area contributed by atoms with Gasteiger partial charge in [-0.1, -0.05) is 18.6 Å². The van der Waals surface area contributed by atoms with Crippen molar-refractivity contribution in [2.24, 2.45) is 5.92 Å². The number of benzene rings is 1. The zero-order valence-electron chi connectivity index (χ0n) is 14.3. The molecule has 126 valence electrons. The van der Waals surface area contributed by atoms with Gasteiger partial charge in [-0.15, -0.1) is 0 Å². The van der Waals surface area contributed by atoms with Crippen LogP contribution in [-0.2, 0) is 11.3 Å². The van der Waals surface area contributed by atoms with Gasteiger partial charge in [0.05, 0.1) is 7.11 Å². The smallest absolute Gasteiger partial charge is 0.225 e. The van der Waals surface area contributed by atoms with E-state index >= 15 is 0 Å². The quantitative estimate of drug-likeness (QED) is 0.837. The minimum absolute atomic E-state index is 0.303. The van der Waals surface area contributed by atoms with E-state index in [2.05, 4.69) is 17.0 Å². The maximum Gasteiger partial charge on any atom is 0.225 e. The molecule has 1 aromatic rings. The first-order chi connectivity index (χ1) is 11.2. The van der Waals surface area contributed by atoms with Gasteiger partial charge in [0.1, 0.15) is 5.75 Å². The van der Waals surface area contributed by atoms with Gasteiger partial charge in [0.25, 0.3) is 0 Å². The topological polar surface area (TPSA) is 32.8 Å². The second-order valence-corrected chi connectivity index (χ2v) is 6.96. The van der Waals surface area contributed by atoms with Crippen molar-refractivity contribution >= 4 is 5.91 Å². The molecule has 1 saturated carbocycles. The normalized spacial score (nSPS) is 22.4. The zero-order valence-corrected chi connectivity index (χ0v) is 14.3. The van der Waals surface area contributed by atoms with E-state index in [4.69, 9.17) is 4.74 Å². The van der Waals surface area contributed by atoms with E-state index in [0.717, 1.165) is 44.6 Å². The van der Waals surface area contributed by atoms with E-state index in [0.29, 0.717) is 17.9 Å². The lowest BCUT2D eigenvalue weighted by atomic mass is 9.84. The second-order valence-electron chi connectivity index (χ2n) is 6.96. The number of carbonyl (C=O) groups is 1. The SMILES string of the molecule is COc1ccc(CN2CCCC(N(C)C(=O)C3CCC3)C2)cc1. The summed E-state index contributed by atoms with van der Waals surface area (Å²) in [6, 6.07) is 8.67. The fraction of sp³-hybridized carbons (Fsp3) is 0.632. The van der Waals surface area contributed by atoms with Crippen LogP contribution in [0, 0.1) is 5.92 Å². The Hall–Kier alpha value is -1.55. The number of ether oxygens (including phenoxy) is 1. The van der Waals surface area contributed by atoms with Gasteiger partial charge < -0.3 is 9.64 Å².